The molecule has 0 unspecified atom stereocenters. The van der Waals surface area contributed by atoms with Gasteiger partial charge in [-0.05, 0) is 32.4 Å². The molecule has 110 valence electrons. The van der Waals surface area contributed by atoms with Gasteiger partial charge in [0, 0.05) is 6.61 Å². The highest BCUT2D eigenvalue weighted by molar-refractivity contribution is 4.51. The molecule has 0 aromatic heterocycles. The average molecular weight is 257 g/mol. The first-order valence-corrected chi connectivity index (χ1v) is 8.23. The average Bonchev–Trinajstić information content (AvgIpc) is 2.39. The molecule has 0 aliphatic rings. The second-order valence-electron chi connectivity index (χ2n) is 5.36. The van der Waals surface area contributed by atoms with Gasteiger partial charge in [0.05, 0.1) is 0 Å². The third kappa shape index (κ3) is 15.9. The van der Waals surface area contributed by atoms with E-state index in [1.165, 1.54) is 64.2 Å². The molecular weight excluding hydrogens is 222 g/mol. The van der Waals surface area contributed by atoms with Crippen molar-refractivity contribution in [2.45, 2.75) is 84.0 Å². The van der Waals surface area contributed by atoms with Crippen molar-refractivity contribution in [1.29, 1.82) is 0 Å². The van der Waals surface area contributed by atoms with E-state index in [4.69, 9.17) is 5.11 Å². The fourth-order valence-corrected chi connectivity index (χ4v) is 2.22. The Balaban J connectivity index is 2.86. The van der Waals surface area contributed by atoms with Crippen molar-refractivity contribution in [3.63, 3.8) is 0 Å². The van der Waals surface area contributed by atoms with Gasteiger partial charge in [-0.15, -0.1) is 0 Å². The monoisotopic (exact) mass is 257 g/mol. The minimum Gasteiger partial charge on any atom is -0.396 e. The SMILES string of the molecule is CCCCCCCCCCCCNCCCCO. The fourth-order valence-electron chi connectivity index (χ4n) is 2.22. The second-order valence-corrected chi connectivity index (χ2v) is 5.36. The van der Waals surface area contributed by atoms with Crippen molar-refractivity contribution < 1.29 is 5.11 Å². The number of hydrogen-bond acceptors (Lipinski definition) is 2. The van der Waals surface area contributed by atoms with Crippen LogP contribution in [0.3, 0.4) is 0 Å². The lowest BCUT2D eigenvalue weighted by atomic mass is 10.1. The van der Waals surface area contributed by atoms with Crippen LogP contribution in [0.2, 0.25) is 0 Å². The van der Waals surface area contributed by atoms with Crippen LogP contribution in [0.25, 0.3) is 0 Å². The van der Waals surface area contributed by atoms with E-state index in [1.807, 2.05) is 0 Å². The Morgan fingerprint density at radius 1 is 0.611 bits per heavy atom. The van der Waals surface area contributed by atoms with Gasteiger partial charge in [-0.1, -0.05) is 64.7 Å². The number of rotatable bonds is 15. The van der Waals surface area contributed by atoms with Gasteiger partial charge >= 0.3 is 0 Å². The summed E-state index contributed by atoms with van der Waals surface area (Å²) in [7, 11) is 0. The zero-order valence-electron chi connectivity index (χ0n) is 12.6. The summed E-state index contributed by atoms with van der Waals surface area (Å²) in [6.07, 6.45) is 16.1. The van der Waals surface area contributed by atoms with Gasteiger partial charge in [0.2, 0.25) is 0 Å². The summed E-state index contributed by atoms with van der Waals surface area (Å²) in [6.45, 7) is 4.83. The topological polar surface area (TPSA) is 32.3 Å². The first-order valence-electron chi connectivity index (χ1n) is 8.23. The first kappa shape index (κ1) is 17.9. The maximum atomic E-state index is 8.63. The first-order chi connectivity index (χ1) is 8.91. The van der Waals surface area contributed by atoms with Crippen molar-refractivity contribution in [3.05, 3.63) is 0 Å². The molecule has 2 heteroatoms. The van der Waals surface area contributed by atoms with Gasteiger partial charge in [0.15, 0.2) is 0 Å². The smallest absolute Gasteiger partial charge is 0.0431 e. The van der Waals surface area contributed by atoms with E-state index >= 15 is 0 Å². The molecule has 0 fully saturated rings. The van der Waals surface area contributed by atoms with Crippen LogP contribution >= 0.6 is 0 Å². The Hall–Kier alpha value is -0.0800. The van der Waals surface area contributed by atoms with E-state index in [0.717, 1.165) is 25.9 Å². The van der Waals surface area contributed by atoms with Gasteiger partial charge in [0.25, 0.3) is 0 Å². The fraction of sp³-hybridized carbons (Fsp3) is 1.00. The molecule has 0 saturated heterocycles. The van der Waals surface area contributed by atoms with Gasteiger partial charge in [-0.25, -0.2) is 0 Å². The van der Waals surface area contributed by atoms with E-state index in [1.54, 1.807) is 0 Å². The van der Waals surface area contributed by atoms with Crippen LogP contribution in [0.5, 0.6) is 0 Å². The standard InChI is InChI=1S/C16H35NO/c1-2-3-4-5-6-7-8-9-10-11-14-17-15-12-13-16-18/h17-18H,2-16H2,1H3. The number of aliphatic hydroxyl groups excluding tert-OH is 1. The predicted molar refractivity (Wildman–Crippen MR) is 81.0 cm³/mol. The maximum absolute atomic E-state index is 8.63. The maximum Gasteiger partial charge on any atom is 0.0431 e. The van der Waals surface area contributed by atoms with E-state index in [2.05, 4.69) is 12.2 Å². The van der Waals surface area contributed by atoms with Gasteiger partial charge < -0.3 is 10.4 Å². The summed E-state index contributed by atoms with van der Waals surface area (Å²) < 4.78 is 0. The molecule has 0 rings (SSSR count). The Bertz CT molecular complexity index is 123. The van der Waals surface area contributed by atoms with Crippen molar-refractivity contribution in [3.8, 4) is 0 Å². The van der Waals surface area contributed by atoms with Crippen LogP contribution in [-0.2, 0) is 0 Å². The summed E-state index contributed by atoms with van der Waals surface area (Å²) in [6, 6.07) is 0. The summed E-state index contributed by atoms with van der Waals surface area (Å²) >= 11 is 0. The minimum absolute atomic E-state index is 0.333. The Kier molecular flexibility index (Phi) is 16.8. The van der Waals surface area contributed by atoms with Gasteiger partial charge in [-0.2, -0.15) is 0 Å². The number of unbranched alkanes of at least 4 members (excludes halogenated alkanes) is 10. The molecule has 0 radical (unpaired) electrons. The Morgan fingerprint density at radius 2 is 1.06 bits per heavy atom. The number of hydrogen-bond donors (Lipinski definition) is 2. The summed E-state index contributed by atoms with van der Waals surface area (Å²) in [5.41, 5.74) is 0. The number of nitrogens with one attached hydrogen (secondary N) is 1. The molecule has 18 heavy (non-hydrogen) atoms. The molecule has 0 amide bonds. The van der Waals surface area contributed by atoms with Crippen LogP contribution in [0.1, 0.15) is 84.0 Å². The van der Waals surface area contributed by atoms with E-state index in [9.17, 15) is 0 Å². The molecule has 0 aliphatic heterocycles. The molecule has 2 nitrogen and oxygen atoms in total. The van der Waals surface area contributed by atoms with E-state index in [-0.39, 0.29) is 0 Å². The molecule has 0 saturated carbocycles. The normalized spacial score (nSPS) is 11.0. The molecule has 2 N–H and O–H groups in total. The molecule has 0 atom stereocenters. The minimum atomic E-state index is 0.333. The van der Waals surface area contributed by atoms with Gasteiger partial charge in [0.1, 0.15) is 0 Å². The summed E-state index contributed by atoms with van der Waals surface area (Å²) in [4.78, 5) is 0. The highest BCUT2D eigenvalue weighted by Crippen LogP contribution is 2.10. The van der Waals surface area contributed by atoms with E-state index < -0.39 is 0 Å². The van der Waals surface area contributed by atoms with Crippen molar-refractivity contribution in [1.82, 2.24) is 5.32 Å². The van der Waals surface area contributed by atoms with Crippen LogP contribution in [0.15, 0.2) is 0 Å². The Morgan fingerprint density at radius 3 is 1.56 bits per heavy atom. The lowest BCUT2D eigenvalue weighted by Gasteiger charge is -2.04. The van der Waals surface area contributed by atoms with Crippen LogP contribution < -0.4 is 5.32 Å². The molecular formula is C16H35NO. The molecule has 0 aliphatic carbocycles. The van der Waals surface area contributed by atoms with Gasteiger partial charge in [-0.3, -0.25) is 0 Å². The van der Waals surface area contributed by atoms with Crippen LogP contribution in [0, 0.1) is 0 Å². The highest BCUT2D eigenvalue weighted by atomic mass is 16.2. The lowest BCUT2D eigenvalue weighted by Crippen LogP contribution is -2.16. The predicted octanol–water partition coefficient (Wildman–Crippen LogP) is 4.27. The summed E-state index contributed by atoms with van der Waals surface area (Å²) in [5.74, 6) is 0. The van der Waals surface area contributed by atoms with Crippen LogP contribution in [0.4, 0.5) is 0 Å². The van der Waals surface area contributed by atoms with Crippen molar-refractivity contribution in [2.24, 2.45) is 0 Å². The molecule has 0 aromatic carbocycles. The van der Waals surface area contributed by atoms with Crippen molar-refractivity contribution in [2.75, 3.05) is 19.7 Å². The molecule has 0 bridgehead atoms. The van der Waals surface area contributed by atoms with Crippen molar-refractivity contribution >= 4 is 0 Å². The largest absolute Gasteiger partial charge is 0.396 e. The lowest BCUT2D eigenvalue weighted by molar-refractivity contribution is 0.283. The third-order valence-electron chi connectivity index (χ3n) is 3.47. The number of aliphatic hydroxyl groups is 1. The molecule has 0 heterocycles. The highest BCUT2D eigenvalue weighted by Gasteiger charge is 1.93. The molecule has 0 spiro atoms. The summed E-state index contributed by atoms with van der Waals surface area (Å²) in [5, 5.41) is 12.1. The van der Waals surface area contributed by atoms with Crippen LogP contribution in [-0.4, -0.2) is 24.8 Å². The van der Waals surface area contributed by atoms with E-state index in [0.29, 0.717) is 6.61 Å². The zero-order chi connectivity index (χ0) is 13.3. The quantitative estimate of drug-likeness (QED) is 0.429. The Labute approximate surface area is 115 Å². The third-order valence-corrected chi connectivity index (χ3v) is 3.47. The molecule has 0 aromatic rings. The second kappa shape index (κ2) is 16.9. The zero-order valence-corrected chi connectivity index (χ0v) is 12.6.